The number of ether oxygens (including phenoxy) is 2. The van der Waals surface area contributed by atoms with Crippen molar-refractivity contribution in [1.82, 2.24) is 15.2 Å². The number of benzene rings is 2. The van der Waals surface area contributed by atoms with E-state index in [0.29, 0.717) is 24.1 Å². The summed E-state index contributed by atoms with van der Waals surface area (Å²) < 4.78 is 11.4. The molecule has 0 amide bonds. The van der Waals surface area contributed by atoms with Crippen LogP contribution in [0.25, 0.3) is 0 Å². The molecule has 2 heterocycles. The molecule has 0 atom stereocenters. The van der Waals surface area contributed by atoms with Crippen LogP contribution in [0.1, 0.15) is 29.5 Å². The van der Waals surface area contributed by atoms with E-state index in [1.165, 1.54) is 17.7 Å². The lowest BCUT2D eigenvalue weighted by Crippen LogP contribution is -2.41. The third-order valence-corrected chi connectivity index (χ3v) is 6.11. The number of rotatable bonds is 10. The first-order valence-corrected chi connectivity index (χ1v) is 11.5. The highest BCUT2D eigenvalue weighted by Crippen LogP contribution is 2.29. The standard InChI is InChI=1S/C26H30N4O4/c1-33-26-16-22(4-7-25(26)34-19-21-2-5-24(6-3-21)30(31)32)17-28-23-10-14-29(15-11-23)18-20-8-12-27-13-9-20/h2-9,12-13,16,23,28H,10-11,14-15,17-19H2,1H3. The molecule has 1 aromatic heterocycles. The van der Waals surface area contributed by atoms with E-state index in [2.05, 4.69) is 27.3 Å². The number of nitro groups is 1. The van der Waals surface area contributed by atoms with Gasteiger partial charge in [0, 0.05) is 43.7 Å². The Morgan fingerprint density at radius 3 is 2.38 bits per heavy atom. The Morgan fingerprint density at radius 1 is 1.00 bits per heavy atom. The number of non-ortho nitro benzene ring substituents is 1. The third kappa shape index (κ3) is 6.52. The summed E-state index contributed by atoms with van der Waals surface area (Å²) in [5.41, 5.74) is 3.37. The molecule has 8 heteroatoms. The Morgan fingerprint density at radius 2 is 1.71 bits per heavy atom. The van der Waals surface area contributed by atoms with Crippen LogP contribution in [0, 0.1) is 10.1 Å². The zero-order chi connectivity index (χ0) is 23.8. The Bertz CT molecular complexity index is 1070. The fraction of sp³-hybridized carbons (Fsp3) is 0.346. The number of pyridine rings is 1. The second-order valence-electron chi connectivity index (χ2n) is 8.48. The summed E-state index contributed by atoms with van der Waals surface area (Å²) in [6, 6.07) is 17.0. The molecule has 1 saturated heterocycles. The van der Waals surface area contributed by atoms with Gasteiger partial charge >= 0.3 is 0 Å². The molecule has 2 aromatic carbocycles. The molecule has 0 aliphatic carbocycles. The van der Waals surface area contributed by atoms with Gasteiger partial charge in [0.2, 0.25) is 0 Å². The minimum atomic E-state index is -0.410. The topological polar surface area (TPSA) is 89.8 Å². The minimum absolute atomic E-state index is 0.0672. The zero-order valence-electron chi connectivity index (χ0n) is 19.4. The van der Waals surface area contributed by atoms with Crippen molar-refractivity contribution < 1.29 is 14.4 Å². The molecule has 1 aliphatic rings. The lowest BCUT2D eigenvalue weighted by molar-refractivity contribution is -0.384. The van der Waals surface area contributed by atoms with Gasteiger partial charge in [-0.25, -0.2) is 0 Å². The lowest BCUT2D eigenvalue weighted by Gasteiger charge is -2.32. The maximum Gasteiger partial charge on any atom is 0.269 e. The largest absolute Gasteiger partial charge is 0.493 e. The monoisotopic (exact) mass is 462 g/mol. The van der Waals surface area contributed by atoms with Gasteiger partial charge in [-0.2, -0.15) is 0 Å². The molecule has 8 nitrogen and oxygen atoms in total. The Hall–Kier alpha value is -3.49. The van der Waals surface area contributed by atoms with Gasteiger partial charge in [0.25, 0.3) is 5.69 Å². The van der Waals surface area contributed by atoms with Crippen molar-refractivity contribution >= 4 is 5.69 Å². The highest BCUT2D eigenvalue weighted by Gasteiger charge is 2.19. The van der Waals surface area contributed by atoms with Crippen molar-refractivity contribution in [3.8, 4) is 11.5 Å². The number of hydrogen-bond acceptors (Lipinski definition) is 7. The van der Waals surface area contributed by atoms with Crippen molar-refractivity contribution in [3.63, 3.8) is 0 Å². The fourth-order valence-corrected chi connectivity index (χ4v) is 4.12. The average molecular weight is 463 g/mol. The molecule has 178 valence electrons. The Balaban J connectivity index is 1.24. The van der Waals surface area contributed by atoms with E-state index in [1.54, 1.807) is 19.2 Å². The third-order valence-electron chi connectivity index (χ3n) is 6.11. The predicted octanol–water partition coefficient (Wildman–Crippen LogP) is 4.33. The Labute approximate surface area is 199 Å². The highest BCUT2D eigenvalue weighted by molar-refractivity contribution is 5.43. The number of nitrogens with zero attached hydrogens (tertiary/aromatic N) is 3. The molecule has 0 spiro atoms. The van der Waals surface area contributed by atoms with Gasteiger partial charge in [0.05, 0.1) is 12.0 Å². The molecular formula is C26H30N4O4. The fourth-order valence-electron chi connectivity index (χ4n) is 4.12. The first-order valence-electron chi connectivity index (χ1n) is 11.5. The van der Waals surface area contributed by atoms with Crippen LogP contribution >= 0.6 is 0 Å². The maximum absolute atomic E-state index is 10.8. The van der Waals surface area contributed by atoms with Crippen molar-refractivity contribution in [1.29, 1.82) is 0 Å². The summed E-state index contributed by atoms with van der Waals surface area (Å²) >= 11 is 0. The molecular weight excluding hydrogens is 432 g/mol. The Kier molecular flexibility index (Phi) is 8.06. The number of methoxy groups -OCH3 is 1. The number of likely N-dealkylation sites (tertiary alicyclic amines) is 1. The second kappa shape index (κ2) is 11.6. The SMILES string of the molecule is COc1cc(CNC2CCN(Cc3ccncc3)CC2)ccc1OCc1ccc([N+](=O)[O-])cc1. The molecule has 0 bridgehead atoms. The average Bonchev–Trinajstić information content (AvgIpc) is 2.88. The van der Waals surface area contributed by atoms with Crippen LogP contribution in [0.2, 0.25) is 0 Å². The number of nitrogens with one attached hydrogen (secondary N) is 1. The first kappa shape index (κ1) is 23.7. The van der Waals surface area contributed by atoms with Crippen molar-refractivity contribution in [3.05, 3.63) is 93.8 Å². The maximum atomic E-state index is 10.8. The molecule has 4 rings (SSSR count). The number of aromatic nitrogens is 1. The van der Waals surface area contributed by atoms with E-state index >= 15 is 0 Å². The number of hydrogen-bond donors (Lipinski definition) is 1. The van der Waals surface area contributed by atoms with E-state index in [1.807, 2.05) is 30.6 Å². The molecule has 3 aromatic rings. The van der Waals surface area contributed by atoms with Crippen LogP contribution in [-0.2, 0) is 19.7 Å². The van der Waals surface area contributed by atoms with Crippen molar-refractivity contribution in [2.45, 2.75) is 38.6 Å². The smallest absolute Gasteiger partial charge is 0.269 e. The summed E-state index contributed by atoms with van der Waals surface area (Å²) in [4.78, 5) is 17.0. The molecule has 1 N–H and O–H groups in total. The van der Waals surface area contributed by atoms with E-state index in [4.69, 9.17) is 9.47 Å². The number of piperidine rings is 1. The van der Waals surface area contributed by atoms with Crippen molar-refractivity contribution in [2.24, 2.45) is 0 Å². The van der Waals surface area contributed by atoms with Gasteiger partial charge in [-0.05, 0) is 79.0 Å². The quantitative estimate of drug-likeness (QED) is 0.354. The van der Waals surface area contributed by atoms with Crippen LogP contribution in [0.4, 0.5) is 5.69 Å². The van der Waals surface area contributed by atoms with E-state index in [9.17, 15) is 10.1 Å². The molecule has 0 radical (unpaired) electrons. The van der Waals surface area contributed by atoms with E-state index < -0.39 is 4.92 Å². The van der Waals surface area contributed by atoms with Gasteiger partial charge in [-0.15, -0.1) is 0 Å². The van der Waals surface area contributed by atoms with Gasteiger partial charge in [0.15, 0.2) is 11.5 Å². The van der Waals surface area contributed by atoms with Crippen LogP contribution in [0.15, 0.2) is 67.0 Å². The summed E-state index contributed by atoms with van der Waals surface area (Å²) in [6.45, 7) is 4.23. The van der Waals surface area contributed by atoms with Crippen LogP contribution in [0.5, 0.6) is 11.5 Å². The van der Waals surface area contributed by atoms with Crippen LogP contribution < -0.4 is 14.8 Å². The molecule has 1 fully saturated rings. The molecule has 0 unspecified atom stereocenters. The molecule has 1 aliphatic heterocycles. The molecule has 34 heavy (non-hydrogen) atoms. The number of nitro benzene ring substituents is 1. The minimum Gasteiger partial charge on any atom is -0.493 e. The van der Waals surface area contributed by atoms with Gasteiger partial charge in [0.1, 0.15) is 6.61 Å². The van der Waals surface area contributed by atoms with Gasteiger partial charge in [-0.3, -0.25) is 20.0 Å². The summed E-state index contributed by atoms with van der Waals surface area (Å²) in [6.07, 6.45) is 5.95. The second-order valence-corrected chi connectivity index (χ2v) is 8.48. The normalized spacial score (nSPS) is 14.6. The van der Waals surface area contributed by atoms with Gasteiger partial charge in [-0.1, -0.05) is 6.07 Å². The zero-order valence-corrected chi connectivity index (χ0v) is 19.4. The summed E-state index contributed by atoms with van der Waals surface area (Å²) in [5, 5.41) is 14.5. The lowest BCUT2D eigenvalue weighted by atomic mass is 10.0. The summed E-state index contributed by atoms with van der Waals surface area (Å²) in [5.74, 6) is 1.32. The first-order chi connectivity index (χ1) is 16.6. The van der Waals surface area contributed by atoms with Crippen LogP contribution in [0.3, 0.4) is 0 Å². The van der Waals surface area contributed by atoms with Gasteiger partial charge < -0.3 is 14.8 Å². The van der Waals surface area contributed by atoms with Crippen LogP contribution in [-0.4, -0.2) is 41.0 Å². The highest BCUT2D eigenvalue weighted by atomic mass is 16.6. The van der Waals surface area contributed by atoms with E-state index in [0.717, 1.165) is 50.1 Å². The van der Waals surface area contributed by atoms with Crippen molar-refractivity contribution in [2.75, 3.05) is 20.2 Å². The van der Waals surface area contributed by atoms with E-state index in [-0.39, 0.29) is 5.69 Å². The summed E-state index contributed by atoms with van der Waals surface area (Å²) in [7, 11) is 1.63. The molecule has 0 saturated carbocycles. The predicted molar refractivity (Wildman–Crippen MR) is 130 cm³/mol.